The van der Waals surface area contributed by atoms with Gasteiger partial charge in [-0.25, -0.2) is 13.6 Å². The molecule has 0 radical (unpaired) electrons. The Bertz CT molecular complexity index is 1110. The van der Waals surface area contributed by atoms with Gasteiger partial charge < -0.3 is 14.4 Å². The highest BCUT2D eigenvalue weighted by atomic mass is 35.5. The van der Waals surface area contributed by atoms with Gasteiger partial charge in [0.2, 0.25) is 0 Å². The first-order valence-corrected chi connectivity index (χ1v) is 8.87. The van der Waals surface area contributed by atoms with Gasteiger partial charge in [0.15, 0.2) is 5.82 Å². The molecule has 0 aromatic carbocycles. The maximum atomic E-state index is 13.7. The Kier molecular flexibility index (Phi) is 5.78. The van der Waals surface area contributed by atoms with Crippen LogP contribution in [0.4, 0.5) is 8.78 Å². The van der Waals surface area contributed by atoms with Crippen molar-refractivity contribution in [1.29, 1.82) is 0 Å². The number of carboxylic acids is 1. The summed E-state index contributed by atoms with van der Waals surface area (Å²) >= 11 is 6.17. The lowest BCUT2D eigenvalue weighted by Gasteiger charge is -2.25. The third-order valence-corrected chi connectivity index (χ3v) is 4.83. The van der Waals surface area contributed by atoms with E-state index in [-0.39, 0.29) is 35.2 Å². The summed E-state index contributed by atoms with van der Waals surface area (Å²) in [4.78, 5) is 31.6. The number of pyridine rings is 2. The van der Waals surface area contributed by atoms with Crippen molar-refractivity contribution in [3.8, 4) is 5.75 Å². The van der Waals surface area contributed by atoms with Crippen LogP contribution in [0.3, 0.4) is 0 Å². The number of rotatable bonds is 5. The van der Waals surface area contributed by atoms with Crippen molar-refractivity contribution in [3.05, 3.63) is 68.5 Å². The van der Waals surface area contributed by atoms with Gasteiger partial charge in [-0.1, -0.05) is 11.6 Å². The molecule has 0 aliphatic carbocycles. The SMILES string of the molecule is CC1=CN=C(C(=O)O)C[C@H]1n1c(C)cc(OCc2ncc(F)cc2F)c(Cl)c1=O. The average Bonchev–Trinajstić information content (AvgIpc) is 2.66. The molecule has 7 nitrogen and oxygen atoms in total. The van der Waals surface area contributed by atoms with Gasteiger partial charge >= 0.3 is 5.97 Å². The van der Waals surface area contributed by atoms with Crippen molar-refractivity contribution in [1.82, 2.24) is 9.55 Å². The number of hydrogen-bond acceptors (Lipinski definition) is 5. The standard InChI is InChI=1S/C19H16ClF2N3O4/c1-9-6-23-13(19(27)28)5-15(9)25-10(2)3-16(17(20)18(25)26)29-8-14-12(22)4-11(21)7-24-14/h3-4,6-7,15H,5,8H2,1-2H3,(H,27,28)/t15-/m1/s1. The first kappa shape index (κ1) is 20.7. The Morgan fingerprint density at radius 3 is 2.76 bits per heavy atom. The highest BCUT2D eigenvalue weighted by Crippen LogP contribution is 2.30. The highest BCUT2D eigenvalue weighted by molar-refractivity contribution is 6.36. The Hall–Kier alpha value is -3.07. The molecule has 3 heterocycles. The molecule has 2 aromatic rings. The average molecular weight is 424 g/mol. The number of nitrogens with zero attached hydrogens (tertiary/aromatic N) is 3. The van der Waals surface area contributed by atoms with Gasteiger partial charge in [-0.2, -0.15) is 0 Å². The largest absolute Gasteiger partial charge is 0.485 e. The summed E-state index contributed by atoms with van der Waals surface area (Å²) < 4.78 is 33.5. The molecule has 0 fully saturated rings. The highest BCUT2D eigenvalue weighted by Gasteiger charge is 2.27. The minimum absolute atomic E-state index is 0.0144. The van der Waals surface area contributed by atoms with Gasteiger partial charge in [0.05, 0.1) is 12.2 Å². The third kappa shape index (κ3) is 4.19. The van der Waals surface area contributed by atoms with Crippen LogP contribution in [0.15, 0.2) is 39.9 Å². The van der Waals surface area contributed by atoms with Crippen molar-refractivity contribution in [2.45, 2.75) is 32.9 Å². The van der Waals surface area contributed by atoms with Crippen LogP contribution in [-0.2, 0) is 11.4 Å². The van der Waals surface area contributed by atoms with Crippen LogP contribution in [0.1, 0.15) is 30.8 Å². The van der Waals surface area contributed by atoms with Crippen LogP contribution >= 0.6 is 11.6 Å². The predicted molar refractivity (Wildman–Crippen MR) is 101 cm³/mol. The minimum Gasteiger partial charge on any atom is -0.485 e. The molecule has 0 spiro atoms. The molecule has 1 N–H and O–H groups in total. The van der Waals surface area contributed by atoms with Gasteiger partial charge in [0, 0.05) is 30.4 Å². The summed E-state index contributed by atoms with van der Waals surface area (Å²) in [6.07, 6.45) is 2.29. The molecule has 10 heteroatoms. The van der Waals surface area contributed by atoms with Gasteiger partial charge in [-0.3, -0.25) is 14.8 Å². The van der Waals surface area contributed by atoms with Crippen LogP contribution in [0.2, 0.25) is 5.02 Å². The second-order valence-corrected chi connectivity index (χ2v) is 6.86. The molecule has 3 rings (SSSR count). The topological polar surface area (TPSA) is 93.8 Å². The van der Waals surface area contributed by atoms with E-state index in [4.69, 9.17) is 16.3 Å². The number of hydrogen-bond donors (Lipinski definition) is 1. The zero-order valence-corrected chi connectivity index (χ0v) is 16.2. The van der Waals surface area contributed by atoms with E-state index in [9.17, 15) is 23.5 Å². The van der Waals surface area contributed by atoms with E-state index in [1.54, 1.807) is 13.8 Å². The van der Waals surface area contributed by atoms with Gasteiger partial charge in [0.25, 0.3) is 5.56 Å². The van der Waals surface area contributed by atoms with Crippen LogP contribution in [0.25, 0.3) is 0 Å². The number of carbonyl (C=O) groups is 1. The molecule has 152 valence electrons. The molecule has 0 unspecified atom stereocenters. The summed E-state index contributed by atoms with van der Waals surface area (Å²) in [6.45, 7) is 3.02. The van der Waals surface area contributed by atoms with E-state index in [1.807, 2.05) is 0 Å². The summed E-state index contributed by atoms with van der Waals surface area (Å²) in [5, 5.41) is 8.95. The molecule has 29 heavy (non-hydrogen) atoms. The molecular weight excluding hydrogens is 408 g/mol. The van der Waals surface area contributed by atoms with Crippen molar-refractivity contribution >= 4 is 23.3 Å². The van der Waals surface area contributed by atoms with Gasteiger partial charge in [-0.05, 0) is 19.4 Å². The van der Waals surface area contributed by atoms with E-state index in [2.05, 4.69) is 9.98 Å². The second kappa shape index (κ2) is 8.12. The zero-order chi connectivity index (χ0) is 21.3. The number of aryl methyl sites for hydroxylation is 1. The monoisotopic (exact) mass is 423 g/mol. The fourth-order valence-electron chi connectivity index (χ4n) is 2.98. The molecule has 0 bridgehead atoms. The predicted octanol–water partition coefficient (Wildman–Crippen LogP) is 3.44. The van der Waals surface area contributed by atoms with E-state index >= 15 is 0 Å². The van der Waals surface area contributed by atoms with Crippen molar-refractivity contribution in [3.63, 3.8) is 0 Å². The Labute approximate surface area is 168 Å². The molecule has 1 aliphatic rings. The minimum atomic E-state index is -1.16. The number of ether oxygens (including phenoxy) is 1. The number of aromatic nitrogens is 2. The molecule has 2 aromatic heterocycles. The Morgan fingerprint density at radius 2 is 2.10 bits per heavy atom. The van der Waals surface area contributed by atoms with Crippen LogP contribution < -0.4 is 10.3 Å². The summed E-state index contributed by atoms with van der Waals surface area (Å²) in [6, 6.07) is 1.61. The lowest BCUT2D eigenvalue weighted by Crippen LogP contribution is -2.32. The van der Waals surface area contributed by atoms with Crippen molar-refractivity contribution in [2.75, 3.05) is 0 Å². The summed E-state index contributed by atoms with van der Waals surface area (Å²) in [5.41, 5.74) is 0.367. The fourth-order valence-corrected chi connectivity index (χ4v) is 3.18. The normalized spacial score (nSPS) is 16.2. The molecule has 0 amide bonds. The van der Waals surface area contributed by atoms with Crippen molar-refractivity contribution < 1.29 is 23.4 Å². The van der Waals surface area contributed by atoms with Gasteiger partial charge in [0.1, 0.15) is 34.6 Å². The molecule has 1 atom stereocenters. The fraction of sp³-hybridized carbons (Fsp3) is 0.263. The first-order valence-electron chi connectivity index (χ1n) is 8.50. The number of aliphatic carboxylic acids is 1. The van der Waals surface area contributed by atoms with E-state index < -0.39 is 29.2 Å². The maximum Gasteiger partial charge on any atom is 0.350 e. The van der Waals surface area contributed by atoms with E-state index in [0.29, 0.717) is 17.3 Å². The van der Waals surface area contributed by atoms with Crippen molar-refractivity contribution in [2.24, 2.45) is 4.99 Å². The number of allylic oxidation sites excluding steroid dienone is 1. The first-order chi connectivity index (χ1) is 13.7. The van der Waals surface area contributed by atoms with Gasteiger partial charge in [-0.15, -0.1) is 0 Å². The Balaban J connectivity index is 1.91. The van der Waals surface area contributed by atoms with E-state index in [0.717, 1.165) is 6.20 Å². The molecular formula is C19H16ClF2N3O4. The van der Waals surface area contributed by atoms with E-state index in [1.165, 1.54) is 16.8 Å². The van der Waals surface area contributed by atoms with Crippen LogP contribution in [0, 0.1) is 18.6 Å². The summed E-state index contributed by atoms with van der Waals surface area (Å²) in [5.74, 6) is -2.85. The number of carboxylic acid groups (broad SMARTS) is 1. The lowest BCUT2D eigenvalue weighted by atomic mass is 9.99. The summed E-state index contributed by atoms with van der Waals surface area (Å²) in [7, 11) is 0. The lowest BCUT2D eigenvalue weighted by molar-refractivity contribution is -0.129. The molecule has 1 aliphatic heterocycles. The van der Waals surface area contributed by atoms with Crippen LogP contribution in [-0.4, -0.2) is 26.3 Å². The smallest absolute Gasteiger partial charge is 0.350 e. The zero-order valence-electron chi connectivity index (χ0n) is 15.4. The number of halogens is 3. The Morgan fingerprint density at radius 1 is 1.38 bits per heavy atom. The quantitative estimate of drug-likeness (QED) is 0.795. The van der Waals surface area contributed by atoms with Crippen LogP contribution in [0.5, 0.6) is 5.75 Å². The maximum absolute atomic E-state index is 13.7. The number of aliphatic imine (C=N–C) groups is 1. The molecule has 0 saturated heterocycles. The third-order valence-electron chi connectivity index (χ3n) is 4.49. The second-order valence-electron chi connectivity index (χ2n) is 6.48. The molecule has 0 saturated carbocycles.